The fraction of sp³-hybridized carbons (Fsp3) is 0.0769. The van der Waals surface area contributed by atoms with Crippen molar-refractivity contribution in [3.63, 3.8) is 0 Å². The van der Waals surface area contributed by atoms with Gasteiger partial charge in [0.2, 0.25) is 0 Å². The smallest absolute Gasteiger partial charge is 0.137 e. The van der Waals surface area contributed by atoms with Crippen molar-refractivity contribution >= 4 is 39.1 Å². The Kier molecular flexibility index (Phi) is 4.46. The summed E-state index contributed by atoms with van der Waals surface area (Å²) < 4.78 is 27.2. The van der Waals surface area contributed by atoms with E-state index >= 15 is 0 Å². The molecule has 0 fully saturated rings. The molecule has 1 atom stereocenters. The summed E-state index contributed by atoms with van der Waals surface area (Å²) in [6.45, 7) is 0. The highest BCUT2D eigenvalue weighted by atomic mass is 79.9. The second-order valence-electron chi connectivity index (χ2n) is 3.86. The number of aliphatic hydroxyl groups excluding tert-OH is 1. The molecule has 1 N–H and O–H groups in total. The fourth-order valence-corrected chi connectivity index (χ4v) is 2.47. The van der Waals surface area contributed by atoms with Crippen LogP contribution in [0.4, 0.5) is 8.78 Å². The zero-order chi connectivity index (χ0) is 14.2. The number of hydrogen-bond donors (Lipinski definition) is 1. The van der Waals surface area contributed by atoms with Crippen molar-refractivity contribution in [1.82, 2.24) is 0 Å². The lowest BCUT2D eigenvalue weighted by atomic mass is 10.0. The van der Waals surface area contributed by atoms with Crippen LogP contribution in [-0.2, 0) is 0 Å². The summed E-state index contributed by atoms with van der Waals surface area (Å²) >= 11 is 14.5. The molecule has 0 saturated carbocycles. The van der Waals surface area contributed by atoms with E-state index in [-0.39, 0.29) is 20.6 Å². The number of rotatable bonds is 2. The summed E-state index contributed by atoms with van der Waals surface area (Å²) in [5, 5.41) is 10.7. The van der Waals surface area contributed by atoms with Gasteiger partial charge in [-0.1, -0.05) is 29.3 Å². The van der Waals surface area contributed by atoms with E-state index in [0.29, 0.717) is 5.02 Å². The highest BCUT2D eigenvalue weighted by Gasteiger charge is 2.20. The molecule has 2 rings (SSSR count). The lowest BCUT2D eigenvalue weighted by Crippen LogP contribution is -2.04. The molecule has 0 aliphatic heterocycles. The summed E-state index contributed by atoms with van der Waals surface area (Å²) in [6, 6.07) is 6.29. The Morgan fingerprint density at radius 3 is 2.32 bits per heavy atom. The van der Waals surface area contributed by atoms with Gasteiger partial charge in [-0.15, -0.1) is 0 Å². The van der Waals surface area contributed by atoms with Crippen molar-refractivity contribution in [1.29, 1.82) is 0 Å². The Bertz CT molecular complexity index is 634. The molecule has 0 aliphatic rings. The van der Waals surface area contributed by atoms with Crippen LogP contribution in [0, 0.1) is 11.6 Å². The van der Waals surface area contributed by atoms with E-state index in [2.05, 4.69) is 15.9 Å². The fourth-order valence-electron chi connectivity index (χ4n) is 1.64. The Hall–Kier alpha value is -0.680. The Morgan fingerprint density at radius 1 is 1.00 bits per heavy atom. The Labute approximate surface area is 126 Å². The maximum absolute atomic E-state index is 13.8. The highest BCUT2D eigenvalue weighted by Crippen LogP contribution is 2.33. The van der Waals surface area contributed by atoms with Gasteiger partial charge in [0.05, 0.1) is 4.47 Å². The van der Waals surface area contributed by atoms with Crippen molar-refractivity contribution in [2.24, 2.45) is 0 Å². The van der Waals surface area contributed by atoms with E-state index in [1.54, 1.807) is 0 Å². The Morgan fingerprint density at radius 2 is 1.68 bits per heavy atom. The van der Waals surface area contributed by atoms with Crippen LogP contribution in [0.15, 0.2) is 34.8 Å². The van der Waals surface area contributed by atoms with Gasteiger partial charge in [0, 0.05) is 21.2 Å². The van der Waals surface area contributed by atoms with Gasteiger partial charge in [-0.25, -0.2) is 8.78 Å². The van der Waals surface area contributed by atoms with Crippen molar-refractivity contribution in [3.8, 4) is 0 Å². The van der Waals surface area contributed by atoms with E-state index in [4.69, 9.17) is 23.2 Å². The van der Waals surface area contributed by atoms with Crippen LogP contribution in [0.25, 0.3) is 0 Å². The minimum absolute atomic E-state index is 0.0110. The van der Waals surface area contributed by atoms with E-state index in [9.17, 15) is 13.9 Å². The number of benzene rings is 2. The monoisotopic (exact) mass is 366 g/mol. The molecule has 0 heterocycles. The SMILES string of the molecule is OC(c1cc(F)c(Br)cc1F)c1ccc(Cl)cc1Cl. The minimum atomic E-state index is -1.37. The molecule has 100 valence electrons. The van der Waals surface area contributed by atoms with Crippen LogP contribution in [0.3, 0.4) is 0 Å². The van der Waals surface area contributed by atoms with Crippen molar-refractivity contribution in [2.45, 2.75) is 6.10 Å². The van der Waals surface area contributed by atoms with Gasteiger partial charge in [-0.2, -0.15) is 0 Å². The molecule has 0 amide bonds. The molecule has 2 aromatic carbocycles. The van der Waals surface area contributed by atoms with Crippen molar-refractivity contribution in [2.75, 3.05) is 0 Å². The second-order valence-corrected chi connectivity index (χ2v) is 5.55. The molecule has 1 nitrogen and oxygen atoms in total. The largest absolute Gasteiger partial charge is 0.383 e. The second kappa shape index (κ2) is 5.75. The van der Waals surface area contributed by atoms with Crippen LogP contribution < -0.4 is 0 Å². The molecular formula is C13H7BrCl2F2O. The molecule has 1 unspecified atom stereocenters. The Balaban J connectivity index is 2.49. The minimum Gasteiger partial charge on any atom is -0.383 e. The average molecular weight is 368 g/mol. The molecule has 0 aromatic heterocycles. The third kappa shape index (κ3) is 3.08. The summed E-state index contributed by atoms with van der Waals surface area (Å²) in [5.41, 5.74) is 0.0663. The quantitative estimate of drug-likeness (QED) is 0.730. The number of hydrogen-bond acceptors (Lipinski definition) is 1. The van der Waals surface area contributed by atoms with E-state index in [0.717, 1.165) is 12.1 Å². The molecule has 0 bridgehead atoms. The summed E-state index contributed by atoms with van der Waals surface area (Å²) in [4.78, 5) is 0. The molecule has 0 aliphatic carbocycles. The normalized spacial score (nSPS) is 12.5. The van der Waals surface area contributed by atoms with Gasteiger partial charge in [-0.05, 0) is 40.2 Å². The van der Waals surface area contributed by atoms with Crippen LogP contribution in [-0.4, -0.2) is 5.11 Å². The summed E-state index contributed by atoms with van der Waals surface area (Å²) in [6.07, 6.45) is -1.37. The summed E-state index contributed by atoms with van der Waals surface area (Å²) in [5.74, 6) is -1.40. The predicted octanol–water partition coefficient (Wildman–Crippen LogP) is 5.12. The number of halogens is 5. The maximum Gasteiger partial charge on any atom is 0.137 e. The third-order valence-corrected chi connectivity index (χ3v) is 3.76. The first kappa shape index (κ1) is 14.7. The van der Waals surface area contributed by atoms with Gasteiger partial charge in [0.15, 0.2) is 0 Å². The zero-order valence-electron chi connectivity index (χ0n) is 9.30. The molecule has 0 saturated heterocycles. The van der Waals surface area contributed by atoms with Gasteiger partial charge >= 0.3 is 0 Å². The lowest BCUT2D eigenvalue weighted by Gasteiger charge is -2.14. The third-order valence-electron chi connectivity index (χ3n) is 2.59. The van der Waals surface area contributed by atoms with Crippen LogP contribution in [0.2, 0.25) is 10.0 Å². The molecule has 2 aromatic rings. The van der Waals surface area contributed by atoms with Crippen LogP contribution in [0.5, 0.6) is 0 Å². The predicted molar refractivity (Wildman–Crippen MR) is 74.6 cm³/mol. The van der Waals surface area contributed by atoms with Gasteiger partial charge < -0.3 is 5.11 Å². The molecule has 6 heteroatoms. The molecule has 19 heavy (non-hydrogen) atoms. The first-order chi connectivity index (χ1) is 8.90. The first-order valence-corrected chi connectivity index (χ1v) is 6.72. The van der Waals surface area contributed by atoms with E-state index < -0.39 is 17.7 Å². The lowest BCUT2D eigenvalue weighted by molar-refractivity contribution is 0.214. The van der Waals surface area contributed by atoms with Gasteiger partial charge in [0.25, 0.3) is 0 Å². The van der Waals surface area contributed by atoms with Gasteiger partial charge in [0.1, 0.15) is 17.7 Å². The number of aliphatic hydroxyl groups is 1. The zero-order valence-corrected chi connectivity index (χ0v) is 12.4. The standard InChI is InChI=1S/C13H7BrCl2F2O/c14-9-5-11(17)8(4-12(9)18)13(19)7-2-1-6(15)3-10(7)16/h1-5,13,19H. The van der Waals surface area contributed by atoms with Crippen molar-refractivity contribution in [3.05, 3.63) is 67.6 Å². The maximum atomic E-state index is 13.8. The molecule has 0 radical (unpaired) electrons. The highest BCUT2D eigenvalue weighted by molar-refractivity contribution is 9.10. The molecular weight excluding hydrogens is 361 g/mol. The molecule has 0 spiro atoms. The van der Waals surface area contributed by atoms with E-state index in [1.165, 1.54) is 18.2 Å². The average Bonchev–Trinajstić information content (AvgIpc) is 2.33. The van der Waals surface area contributed by atoms with Crippen molar-refractivity contribution < 1.29 is 13.9 Å². The van der Waals surface area contributed by atoms with E-state index in [1.807, 2.05) is 0 Å². The topological polar surface area (TPSA) is 20.2 Å². The van der Waals surface area contributed by atoms with Crippen LogP contribution >= 0.6 is 39.1 Å². The first-order valence-electron chi connectivity index (χ1n) is 5.17. The van der Waals surface area contributed by atoms with Gasteiger partial charge in [-0.3, -0.25) is 0 Å². The van der Waals surface area contributed by atoms with Crippen LogP contribution in [0.1, 0.15) is 17.2 Å². The summed E-state index contributed by atoms with van der Waals surface area (Å²) in [7, 11) is 0.